The zero-order chi connectivity index (χ0) is 18.4. The molecule has 3 N–H and O–H groups in total. The summed E-state index contributed by atoms with van der Waals surface area (Å²) >= 11 is 0. The number of carbonyl (C=O) groups excluding carboxylic acids is 1. The number of nitrogens with two attached hydrogens (primary N) is 1. The molecule has 0 aliphatic carbocycles. The number of carbonyl (C=O) groups is 1. The lowest BCUT2D eigenvalue weighted by atomic mass is 10.0. The topological polar surface area (TPSA) is 102 Å². The van der Waals surface area contributed by atoms with Gasteiger partial charge in [-0.2, -0.15) is 0 Å². The monoisotopic (exact) mass is 352 g/mol. The van der Waals surface area contributed by atoms with Gasteiger partial charge in [-0.3, -0.25) is 14.9 Å². The fourth-order valence-corrected chi connectivity index (χ4v) is 2.68. The van der Waals surface area contributed by atoms with Crippen molar-refractivity contribution in [3.63, 3.8) is 0 Å². The summed E-state index contributed by atoms with van der Waals surface area (Å²) in [6.07, 6.45) is 1.60. The number of benzene rings is 2. The van der Waals surface area contributed by atoms with Gasteiger partial charge in [-0.05, 0) is 18.2 Å². The molecule has 0 bridgehead atoms. The van der Waals surface area contributed by atoms with Crippen LogP contribution in [0.2, 0.25) is 0 Å². The maximum Gasteiger partial charge on any atom is 0.279 e. The molecule has 1 heterocycles. The van der Waals surface area contributed by atoms with Crippen LogP contribution in [-0.2, 0) is 4.79 Å². The van der Waals surface area contributed by atoms with Gasteiger partial charge in [0.15, 0.2) is 18.3 Å². The molecule has 0 aliphatic heterocycles. The van der Waals surface area contributed by atoms with Gasteiger partial charge in [-0.15, -0.1) is 0 Å². The minimum absolute atomic E-state index is 0.0653. The Morgan fingerprint density at radius 1 is 1.12 bits per heavy atom. The zero-order valence-electron chi connectivity index (χ0n) is 13.9. The number of nitrogens with zero attached hydrogens (tertiary/aromatic N) is 1. The first kappa shape index (κ1) is 17.4. The maximum absolute atomic E-state index is 12.3. The quantitative estimate of drug-likeness (QED) is 0.504. The number of hydrogen-bond donors (Lipinski definition) is 2. The smallest absolute Gasteiger partial charge is 0.279 e. The van der Waals surface area contributed by atoms with Gasteiger partial charge in [-0.1, -0.05) is 36.4 Å². The number of nitro groups is 1. The molecule has 3 aromatic rings. The van der Waals surface area contributed by atoms with Crippen LogP contribution in [0.3, 0.4) is 0 Å². The van der Waals surface area contributed by atoms with E-state index in [9.17, 15) is 14.9 Å². The van der Waals surface area contributed by atoms with E-state index in [1.807, 2.05) is 47.8 Å². The number of furan rings is 1. The van der Waals surface area contributed by atoms with Gasteiger partial charge in [0.05, 0.1) is 11.2 Å². The normalized spacial score (nSPS) is 11.7. The first-order valence-electron chi connectivity index (χ1n) is 8.09. The Morgan fingerprint density at radius 3 is 2.62 bits per heavy atom. The summed E-state index contributed by atoms with van der Waals surface area (Å²) in [5.74, 6) is 0.498. The molecule has 1 atom stereocenters. The summed E-state index contributed by atoms with van der Waals surface area (Å²) in [6.45, 7) is 0.142. The summed E-state index contributed by atoms with van der Waals surface area (Å²) in [5, 5.41) is 15.4. The second-order valence-electron chi connectivity index (χ2n) is 5.70. The van der Waals surface area contributed by atoms with Crippen molar-refractivity contribution in [3.8, 4) is 0 Å². The average Bonchev–Trinajstić information content (AvgIpc) is 3.17. The van der Waals surface area contributed by atoms with Gasteiger partial charge in [0.25, 0.3) is 11.6 Å². The van der Waals surface area contributed by atoms with E-state index in [1.165, 1.54) is 18.2 Å². The number of amides is 1. The molecule has 0 saturated heterocycles. The molecule has 1 aromatic heterocycles. The molecule has 0 fully saturated rings. The van der Waals surface area contributed by atoms with Gasteiger partial charge in [0, 0.05) is 23.4 Å². The Labute approximate surface area is 149 Å². The third-order valence-electron chi connectivity index (χ3n) is 3.89. The highest BCUT2D eigenvalue weighted by molar-refractivity contribution is 5.91. The van der Waals surface area contributed by atoms with Crippen molar-refractivity contribution in [1.29, 1.82) is 0 Å². The van der Waals surface area contributed by atoms with Crippen LogP contribution in [0.5, 0.6) is 0 Å². The number of anilines is 1. The van der Waals surface area contributed by atoms with Crippen LogP contribution in [0.1, 0.15) is 17.4 Å². The molecule has 132 valence electrons. The molecule has 0 spiro atoms. The Hall–Kier alpha value is -3.45. The Morgan fingerprint density at radius 2 is 1.92 bits per heavy atom. The molecule has 7 heteroatoms. The van der Waals surface area contributed by atoms with Crippen molar-refractivity contribution in [2.24, 2.45) is 0 Å². The lowest BCUT2D eigenvalue weighted by Gasteiger charge is -2.14. The van der Waals surface area contributed by atoms with E-state index in [2.05, 4.69) is 5.32 Å². The largest absolute Gasteiger partial charge is 0.463 e. The second-order valence-corrected chi connectivity index (χ2v) is 5.70. The van der Waals surface area contributed by atoms with Gasteiger partial charge in [0.1, 0.15) is 0 Å². The van der Waals surface area contributed by atoms with Crippen molar-refractivity contribution < 1.29 is 19.5 Å². The summed E-state index contributed by atoms with van der Waals surface area (Å²) < 4.78 is 5.50. The predicted octanol–water partition coefficient (Wildman–Crippen LogP) is 2.48. The van der Waals surface area contributed by atoms with Crippen molar-refractivity contribution in [2.45, 2.75) is 6.04 Å². The minimum atomic E-state index is -0.496. The van der Waals surface area contributed by atoms with Crippen LogP contribution in [0.15, 0.2) is 77.4 Å². The third kappa shape index (κ3) is 4.34. The average molecular weight is 352 g/mol. The van der Waals surface area contributed by atoms with Gasteiger partial charge < -0.3 is 15.1 Å². The molecule has 1 amide bonds. The van der Waals surface area contributed by atoms with Crippen LogP contribution < -0.4 is 10.6 Å². The van der Waals surface area contributed by atoms with Crippen LogP contribution in [0.25, 0.3) is 0 Å². The predicted molar refractivity (Wildman–Crippen MR) is 95.5 cm³/mol. The Kier molecular flexibility index (Phi) is 5.40. The highest BCUT2D eigenvalue weighted by Gasteiger charge is 2.21. The number of nitro benzene ring substituents is 1. The number of hydrogen-bond acceptors (Lipinski definition) is 4. The van der Waals surface area contributed by atoms with E-state index in [4.69, 9.17) is 4.42 Å². The van der Waals surface area contributed by atoms with E-state index < -0.39 is 4.92 Å². The number of quaternary nitrogens is 1. The SMILES string of the molecule is O=C(C[NH2+][C@@H](c1ccccc1)c1ccco1)Nc1cccc([N+](=O)[O-])c1. The lowest BCUT2D eigenvalue weighted by molar-refractivity contribution is -0.678. The summed E-state index contributed by atoms with van der Waals surface area (Å²) in [6, 6.07) is 19.1. The number of non-ortho nitro benzene ring substituents is 1. The second kappa shape index (κ2) is 8.09. The van der Waals surface area contributed by atoms with E-state index in [-0.39, 0.29) is 24.2 Å². The van der Waals surface area contributed by atoms with E-state index in [0.29, 0.717) is 5.69 Å². The Balaban J connectivity index is 1.67. The van der Waals surface area contributed by atoms with Gasteiger partial charge >= 0.3 is 0 Å². The molecule has 3 rings (SSSR count). The van der Waals surface area contributed by atoms with E-state index >= 15 is 0 Å². The number of nitrogens with one attached hydrogen (secondary N) is 1. The first-order chi connectivity index (χ1) is 12.6. The molecule has 0 radical (unpaired) electrons. The van der Waals surface area contributed by atoms with Crippen LogP contribution in [0.4, 0.5) is 11.4 Å². The minimum Gasteiger partial charge on any atom is -0.463 e. The number of rotatable bonds is 7. The van der Waals surface area contributed by atoms with Gasteiger partial charge in [-0.25, -0.2) is 0 Å². The highest BCUT2D eigenvalue weighted by Crippen LogP contribution is 2.19. The van der Waals surface area contributed by atoms with Crippen molar-refractivity contribution >= 4 is 17.3 Å². The fraction of sp³-hybridized carbons (Fsp3) is 0.105. The highest BCUT2D eigenvalue weighted by atomic mass is 16.6. The van der Waals surface area contributed by atoms with E-state index in [0.717, 1.165) is 11.3 Å². The summed E-state index contributed by atoms with van der Waals surface area (Å²) in [7, 11) is 0. The fourth-order valence-electron chi connectivity index (χ4n) is 2.68. The third-order valence-corrected chi connectivity index (χ3v) is 3.89. The maximum atomic E-state index is 12.3. The zero-order valence-corrected chi connectivity index (χ0v) is 13.9. The first-order valence-corrected chi connectivity index (χ1v) is 8.09. The van der Waals surface area contributed by atoms with Crippen molar-refractivity contribution in [2.75, 3.05) is 11.9 Å². The molecule has 26 heavy (non-hydrogen) atoms. The molecular weight excluding hydrogens is 334 g/mol. The molecule has 0 aliphatic rings. The molecular formula is C19H18N3O4+. The lowest BCUT2D eigenvalue weighted by Crippen LogP contribution is -2.87. The standard InChI is InChI=1S/C19H17N3O4/c23-18(21-15-8-4-9-16(12-15)22(24)25)13-20-19(17-10-5-11-26-17)14-6-2-1-3-7-14/h1-12,19-20H,13H2,(H,21,23)/p+1/t19-/m0/s1. The van der Waals surface area contributed by atoms with E-state index in [1.54, 1.807) is 12.3 Å². The summed E-state index contributed by atoms with van der Waals surface area (Å²) in [4.78, 5) is 22.6. The molecule has 2 aromatic carbocycles. The van der Waals surface area contributed by atoms with Crippen LogP contribution >= 0.6 is 0 Å². The van der Waals surface area contributed by atoms with Crippen LogP contribution in [0, 0.1) is 10.1 Å². The summed E-state index contributed by atoms with van der Waals surface area (Å²) in [5.41, 5.74) is 1.35. The van der Waals surface area contributed by atoms with Crippen molar-refractivity contribution in [1.82, 2.24) is 0 Å². The molecule has 0 unspecified atom stereocenters. The van der Waals surface area contributed by atoms with Gasteiger partial charge in [0.2, 0.25) is 0 Å². The molecule has 0 saturated carbocycles. The van der Waals surface area contributed by atoms with Crippen LogP contribution in [-0.4, -0.2) is 17.4 Å². The molecule has 7 nitrogen and oxygen atoms in total. The van der Waals surface area contributed by atoms with Crippen molar-refractivity contribution in [3.05, 3.63) is 94.4 Å². The Bertz CT molecular complexity index is 879.